The predicted octanol–water partition coefficient (Wildman–Crippen LogP) is 5.19. The molecule has 6 heteroatoms. The van der Waals surface area contributed by atoms with E-state index in [0.29, 0.717) is 39.6 Å². The van der Waals surface area contributed by atoms with Gasteiger partial charge in [0.15, 0.2) is 0 Å². The van der Waals surface area contributed by atoms with Gasteiger partial charge in [-0.2, -0.15) is 0 Å². The van der Waals surface area contributed by atoms with Crippen molar-refractivity contribution in [3.05, 3.63) is 0 Å². The number of hydrogen-bond acceptors (Lipinski definition) is 6. The Hall–Kier alpha value is -0.240. The van der Waals surface area contributed by atoms with E-state index in [9.17, 15) is 0 Å². The second-order valence-electron chi connectivity index (χ2n) is 7.65. The average Bonchev–Trinajstić information content (AvgIpc) is 2.73. The molecule has 1 atom stereocenters. The lowest BCUT2D eigenvalue weighted by molar-refractivity contribution is -0.404. The molecule has 0 saturated heterocycles. The van der Waals surface area contributed by atoms with Crippen molar-refractivity contribution in [3.63, 3.8) is 0 Å². The van der Waals surface area contributed by atoms with Crippen LogP contribution in [0, 0.1) is 5.92 Å². The molecule has 0 N–H and O–H groups in total. The lowest BCUT2D eigenvalue weighted by atomic mass is 9.99. The van der Waals surface area contributed by atoms with Gasteiger partial charge >= 0.3 is 0 Å². The highest BCUT2D eigenvalue weighted by atomic mass is 16.9. The van der Waals surface area contributed by atoms with E-state index in [-0.39, 0.29) is 5.92 Å². The van der Waals surface area contributed by atoms with Crippen molar-refractivity contribution in [1.82, 2.24) is 0 Å². The normalized spacial score (nSPS) is 13.1. The smallest absolute Gasteiger partial charge is 0.285 e. The standard InChI is InChI=1S/C23H48O6/c1-6-7-8-9-10-11-15-22(2)23(27-19-12-16-24-3,28-20-13-17-25-4)29-21-14-18-26-5/h22H,6-21H2,1-5H3. The van der Waals surface area contributed by atoms with Crippen LogP contribution in [-0.4, -0.2) is 66.9 Å². The molecule has 0 bridgehead atoms. The highest BCUT2D eigenvalue weighted by Gasteiger charge is 2.39. The van der Waals surface area contributed by atoms with Crippen LogP contribution in [0.25, 0.3) is 0 Å². The number of rotatable bonds is 23. The third-order valence-electron chi connectivity index (χ3n) is 4.98. The van der Waals surface area contributed by atoms with Crippen LogP contribution < -0.4 is 0 Å². The average molecular weight is 421 g/mol. The number of methoxy groups -OCH3 is 3. The maximum absolute atomic E-state index is 6.24. The Labute approximate surface area is 179 Å². The molecular formula is C23H48O6. The van der Waals surface area contributed by atoms with Crippen molar-refractivity contribution < 1.29 is 28.4 Å². The van der Waals surface area contributed by atoms with Gasteiger partial charge < -0.3 is 28.4 Å². The summed E-state index contributed by atoms with van der Waals surface area (Å²) in [6.45, 7) is 8.05. The highest BCUT2D eigenvalue weighted by Crippen LogP contribution is 2.31. The van der Waals surface area contributed by atoms with Gasteiger partial charge in [-0.15, -0.1) is 0 Å². The van der Waals surface area contributed by atoms with Crippen molar-refractivity contribution in [2.24, 2.45) is 5.92 Å². The minimum Gasteiger partial charge on any atom is -0.385 e. The highest BCUT2D eigenvalue weighted by molar-refractivity contribution is 4.69. The Morgan fingerprint density at radius 1 is 0.552 bits per heavy atom. The van der Waals surface area contributed by atoms with Crippen LogP contribution in [0.5, 0.6) is 0 Å². The molecule has 1 unspecified atom stereocenters. The number of hydrogen-bond donors (Lipinski definition) is 0. The van der Waals surface area contributed by atoms with Crippen molar-refractivity contribution in [2.75, 3.05) is 61.0 Å². The van der Waals surface area contributed by atoms with E-state index in [1.54, 1.807) is 21.3 Å². The molecule has 0 heterocycles. The van der Waals surface area contributed by atoms with Crippen LogP contribution >= 0.6 is 0 Å². The van der Waals surface area contributed by atoms with E-state index in [1.807, 2.05) is 0 Å². The Balaban J connectivity index is 4.84. The lowest BCUT2D eigenvalue weighted by Crippen LogP contribution is -2.46. The monoisotopic (exact) mass is 420 g/mol. The summed E-state index contributed by atoms with van der Waals surface area (Å²) >= 11 is 0. The fraction of sp³-hybridized carbons (Fsp3) is 1.00. The molecule has 0 aliphatic carbocycles. The molecule has 0 aromatic carbocycles. The summed E-state index contributed by atoms with van der Waals surface area (Å²) in [4.78, 5) is 0. The summed E-state index contributed by atoms with van der Waals surface area (Å²) in [5.74, 6) is -0.875. The Bertz CT molecular complexity index is 295. The molecule has 0 spiro atoms. The van der Waals surface area contributed by atoms with Gasteiger partial charge in [0.2, 0.25) is 0 Å². The molecule has 176 valence electrons. The van der Waals surface area contributed by atoms with Gasteiger partial charge in [-0.1, -0.05) is 52.4 Å². The number of ether oxygens (including phenoxy) is 6. The summed E-state index contributed by atoms with van der Waals surface area (Å²) in [5.41, 5.74) is 0. The van der Waals surface area contributed by atoms with Gasteiger partial charge in [-0.25, -0.2) is 0 Å². The zero-order chi connectivity index (χ0) is 21.6. The van der Waals surface area contributed by atoms with E-state index >= 15 is 0 Å². The zero-order valence-corrected chi connectivity index (χ0v) is 19.8. The molecule has 0 saturated carbocycles. The third-order valence-corrected chi connectivity index (χ3v) is 4.98. The molecule has 0 aliphatic rings. The van der Waals surface area contributed by atoms with Crippen LogP contribution in [0.1, 0.15) is 78.1 Å². The van der Waals surface area contributed by atoms with Gasteiger partial charge in [0.25, 0.3) is 5.97 Å². The Kier molecular flexibility index (Phi) is 20.8. The van der Waals surface area contributed by atoms with Crippen LogP contribution in [0.4, 0.5) is 0 Å². The van der Waals surface area contributed by atoms with Gasteiger partial charge in [-0.3, -0.25) is 0 Å². The summed E-state index contributed by atoms with van der Waals surface area (Å²) in [7, 11) is 5.12. The summed E-state index contributed by atoms with van der Waals surface area (Å²) in [6.07, 6.45) is 11.1. The second kappa shape index (κ2) is 21.0. The van der Waals surface area contributed by atoms with Gasteiger partial charge in [0.05, 0.1) is 19.8 Å². The maximum atomic E-state index is 6.24. The SMILES string of the molecule is CCCCCCCCC(C)C(OCCCOC)(OCCCOC)OCCCOC. The molecule has 0 rings (SSSR count). The van der Waals surface area contributed by atoms with Crippen LogP contribution in [0.15, 0.2) is 0 Å². The molecule has 0 fully saturated rings. The second-order valence-corrected chi connectivity index (χ2v) is 7.65. The van der Waals surface area contributed by atoms with E-state index < -0.39 is 5.97 Å². The molecule has 0 amide bonds. The fourth-order valence-corrected chi connectivity index (χ4v) is 3.21. The van der Waals surface area contributed by atoms with Crippen molar-refractivity contribution in [2.45, 2.75) is 84.0 Å². The molecule has 0 aromatic heterocycles. The van der Waals surface area contributed by atoms with E-state index in [1.165, 1.54) is 32.1 Å². The molecule has 6 nitrogen and oxygen atoms in total. The van der Waals surface area contributed by atoms with Crippen molar-refractivity contribution >= 4 is 0 Å². The first-order valence-electron chi connectivity index (χ1n) is 11.6. The first-order valence-corrected chi connectivity index (χ1v) is 11.6. The fourth-order valence-electron chi connectivity index (χ4n) is 3.21. The summed E-state index contributed by atoms with van der Waals surface area (Å²) in [5, 5.41) is 0. The molecule has 0 aromatic rings. The van der Waals surface area contributed by atoms with E-state index in [2.05, 4.69) is 13.8 Å². The Morgan fingerprint density at radius 2 is 0.966 bits per heavy atom. The molecule has 0 aliphatic heterocycles. The first-order chi connectivity index (χ1) is 14.2. The minimum absolute atomic E-state index is 0.140. The molecule has 0 radical (unpaired) electrons. The van der Waals surface area contributed by atoms with E-state index in [4.69, 9.17) is 28.4 Å². The predicted molar refractivity (Wildman–Crippen MR) is 117 cm³/mol. The minimum atomic E-state index is -1.02. The molecular weight excluding hydrogens is 372 g/mol. The maximum Gasteiger partial charge on any atom is 0.285 e. The van der Waals surface area contributed by atoms with Crippen molar-refractivity contribution in [3.8, 4) is 0 Å². The first kappa shape index (κ1) is 28.8. The van der Waals surface area contributed by atoms with Gasteiger partial charge in [-0.05, 0) is 25.7 Å². The third kappa shape index (κ3) is 15.2. The van der Waals surface area contributed by atoms with Crippen molar-refractivity contribution in [1.29, 1.82) is 0 Å². The van der Waals surface area contributed by atoms with Gasteiger partial charge in [0, 0.05) is 47.1 Å². The largest absolute Gasteiger partial charge is 0.385 e. The summed E-state index contributed by atoms with van der Waals surface area (Å²) in [6, 6.07) is 0. The number of unbranched alkanes of at least 4 members (excludes halogenated alkanes) is 5. The zero-order valence-electron chi connectivity index (χ0n) is 19.8. The van der Waals surface area contributed by atoms with Gasteiger partial charge in [0.1, 0.15) is 0 Å². The van der Waals surface area contributed by atoms with E-state index in [0.717, 1.165) is 32.1 Å². The molecule has 29 heavy (non-hydrogen) atoms. The summed E-state index contributed by atoms with van der Waals surface area (Å²) < 4.78 is 34.2. The van der Waals surface area contributed by atoms with Crippen LogP contribution in [0.3, 0.4) is 0 Å². The lowest BCUT2D eigenvalue weighted by Gasteiger charge is -2.38. The van der Waals surface area contributed by atoms with Crippen LogP contribution in [-0.2, 0) is 28.4 Å². The quantitative estimate of drug-likeness (QED) is 0.168. The Morgan fingerprint density at radius 3 is 1.38 bits per heavy atom. The van der Waals surface area contributed by atoms with Crippen LogP contribution in [0.2, 0.25) is 0 Å². The topological polar surface area (TPSA) is 55.4 Å².